The van der Waals surface area contributed by atoms with Crippen molar-refractivity contribution in [1.29, 1.82) is 0 Å². The number of halogens is 1. The molecule has 0 spiro atoms. The van der Waals surface area contributed by atoms with Crippen LogP contribution in [0.5, 0.6) is 5.75 Å². The number of nitrogens with zero attached hydrogens (tertiary/aromatic N) is 4. The Morgan fingerprint density at radius 2 is 1.91 bits per heavy atom. The van der Waals surface area contributed by atoms with Crippen LogP contribution in [0.25, 0.3) is 10.9 Å². The molecule has 0 aliphatic rings. The van der Waals surface area contributed by atoms with E-state index in [-0.39, 0.29) is 42.0 Å². The number of rotatable bonds is 9. The van der Waals surface area contributed by atoms with Crippen LogP contribution in [0.4, 0.5) is 5.69 Å². The molecule has 0 unspecified atom stereocenters. The summed E-state index contributed by atoms with van der Waals surface area (Å²) in [6.07, 6.45) is 0.0289. The Labute approximate surface area is 189 Å². The fraction of sp³-hybridized carbons (Fsp3) is 0.318. The van der Waals surface area contributed by atoms with Crippen LogP contribution in [-0.4, -0.2) is 51.4 Å². The minimum absolute atomic E-state index is 0.0289. The van der Waals surface area contributed by atoms with E-state index >= 15 is 0 Å². The maximum Gasteiger partial charge on any atom is 0.277 e. The number of carbonyl (C=O) groups excluding carboxylic acids is 2. The van der Waals surface area contributed by atoms with Crippen molar-refractivity contribution < 1.29 is 14.3 Å². The summed E-state index contributed by atoms with van der Waals surface area (Å²) in [6, 6.07) is 11.7. The summed E-state index contributed by atoms with van der Waals surface area (Å²) in [7, 11) is 0. The first kappa shape index (κ1) is 23.2. The number of ether oxygens (including phenoxy) is 1. The van der Waals surface area contributed by atoms with Gasteiger partial charge in [0, 0.05) is 25.2 Å². The van der Waals surface area contributed by atoms with Crippen molar-refractivity contribution in [3.05, 3.63) is 57.8 Å². The zero-order valence-corrected chi connectivity index (χ0v) is 18.6. The van der Waals surface area contributed by atoms with Crippen molar-refractivity contribution in [2.45, 2.75) is 26.8 Å². The van der Waals surface area contributed by atoms with Gasteiger partial charge in [-0.2, -0.15) is 0 Å². The van der Waals surface area contributed by atoms with Gasteiger partial charge in [-0.3, -0.25) is 14.4 Å². The van der Waals surface area contributed by atoms with Crippen molar-refractivity contribution in [2.24, 2.45) is 0 Å². The number of fused-ring (bicyclic) bond motifs is 1. The van der Waals surface area contributed by atoms with Crippen molar-refractivity contribution in [1.82, 2.24) is 19.9 Å². The molecule has 0 saturated carbocycles. The third-order valence-corrected chi connectivity index (χ3v) is 5.16. The monoisotopic (exact) mass is 457 g/mol. The molecule has 1 heterocycles. The molecule has 0 aliphatic heterocycles. The topological polar surface area (TPSA) is 106 Å². The molecule has 1 N–H and O–H groups in total. The number of amides is 2. The molecule has 2 aromatic carbocycles. The van der Waals surface area contributed by atoms with Crippen LogP contribution < -0.4 is 15.6 Å². The Bertz CT molecular complexity index is 1180. The van der Waals surface area contributed by atoms with E-state index in [1.165, 1.54) is 4.68 Å². The first-order chi connectivity index (χ1) is 15.4. The summed E-state index contributed by atoms with van der Waals surface area (Å²) in [4.78, 5) is 38.5. The third-order valence-electron chi connectivity index (χ3n) is 4.86. The highest BCUT2D eigenvalue weighted by molar-refractivity contribution is 6.32. The Kier molecular flexibility index (Phi) is 7.77. The van der Waals surface area contributed by atoms with Crippen LogP contribution >= 0.6 is 11.6 Å². The van der Waals surface area contributed by atoms with Crippen LogP contribution in [0, 0.1) is 0 Å². The molecular formula is C22H24ClN5O4. The largest absolute Gasteiger partial charge is 0.482 e. The maximum atomic E-state index is 12.4. The fourth-order valence-electron chi connectivity index (χ4n) is 3.10. The fourth-order valence-corrected chi connectivity index (χ4v) is 3.34. The van der Waals surface area contributed by atoms with Gasteiger partial charge in [-0.25, -0.2) is 4.68 Å². The normalized spacial score (nSPS) is 10.7. The van der Waals surface area contributed by atoms with E-state index in [4.69, 9.17) is 16.3 Å². The van der Waals surface area contributed by atoms with E-state index in [1.54, 1.807) is 47.4 Å². The number of carbonyl (C=O) groups is 2. The predicted octanol–water partition coefficient (Wildman–Crippen LogP) is 2.72. The van der Waals surface area contributed by atoms with Gasteiger partial charge in [-0.05, 0) is 44.2 Å². The Balaban J connectivity index is 1.56. The summed E-state index contributed by atoms with van der Waals surface area (Å²) in [6.45, 7) is 4.98. The SMILES string of the molecule is CCN(CC)C(=O)COc1ccc(NC(=O)CCn2nnc3ccccc3c2=O)cc1Cl. The lowest BCUT2D eigenvalue weighted by molar-refractivity contribution is -0.133. The van der Waals surface area contributed by atoms with Gasteiger partial charge in [0.05, 0.1) is 17.0 Å². The molecule has 10 heteroatoms. The number of hydrogen-bond donors (Lipinski definition) is 1. The molecule has 0 saturated heterocycles. The summed E-state index contributed by atoms with van der Waals surface area (Å²) in [5.74, 6) is -0.0908. The highest BCUT2D eigenvalue weighted by Crippen LogP contribution is 2.27. The van der Waals surface area contributed by atoms with Gasteiger partial charge >= 0.3 is 0 Å². The number of aromatic nitrogens is 3. The minimum atomic E-state index is -0.312. The van der Waals surface area contributed by atoms with Crippen LogP contribution in [0.2, 0.25) is 5.02 Å². The van der Waals surface area contributed by atoms with E-state index in [0.717, 1.165) is 0 Å². The number of benzene rings is 2. The zero-order chi connectivity index (χ0) is 23.1. The van der Waals surface area contributed by atoms with Crippen molar-refractivity contribution in [3.63, 3.8) is 0 Å². The highest BCUT2D eigenvalue weighted by atomic mass is 35.5. The lowest BCUT2D eigenvalue weighted by atomic mass is 10.2. The Morgan fingerprint density at radius 1 is 1.16 bits per heavy atom. The zero-order valence-electron chi connectivity index (χ0n) is 17.9. The first-order valence-electron chi connectivity index (χ1n) is 10.3. The van der Waals surface area contributed by atoms with Gasteiger partial charge in [0.1, 0.15) is 11.3 Å². The Morgan fingerprint density at radius 3 is 2.62 bits per heavy atom. The number of likely N-dealkylation sites (N-methyl/N-ethyl adjacent to an activating group) is 1. The average molecular weight is 458 g/mol. The lowest BCUT2D eigenvalue weighted by Gasteiger charge is -2.19. The number of aryl methyl sites for hydroxylation is 1. The van der Waals surface area contributed by atoms with E-state index in [1.807, 2.05) is 13.8 Å². The number of nitrogens with one attached hydrogen (secondary N) is 1. The van der Waals surface area contributed by atoms with Gasteiger partial charge in [0.2, 0.25) is 5.91 Å². The molecule has 0 fully saturated rings. The molecule has 0 bridgehead atoms. The van der Waals surface area contributed by atoms with Crippen LogP contribution in [-0.2, 0) is 16.1 Å². The minimum Gasteiger partial charge on any atom is -0.482 e. The summed E-state index contributed by atoms with van der Waals surface area (Å²) in [5.41, 5.74) is 0.681. The predicted molar refractivity (Wildman–Crippen MR) is 122 cm³/mol. The van der Waals surface area contributed by atoms with Crippen molar-refractivity contribution in [3.8, 4) is 5.75 Å². The van der Waals surface area contributed by atoms with E-state index in [9.17, 15) is 14.4 Å². The first-order valence-corrected chi connectivity index (χ1v) is 10.6. The second kappa shape index (κ2) is 10.7. The van der Waals surface area contributed by atoms with Gasteiger partial charge in [0.15, 0.2) is 6.61 Å². The standard InChI is InChI=1S/C22H24ClN5O4/c1-3-27(4-2)21(30)14-32-19-10-9-15(13-17(19)23)24-20(29)11-12-28-22(31)16-7-5-6-8-18(16)25-26-28/h5-10,13H,3-4,11-12,14H2,1-2H3,(H,24,29). The molecule has 3 aromatic rings. The van der Waals surface area contributed by atoms with E-state index in [0.29, 0.717) is 35.4 Å². The molecule has 2 amide bonds. The number of hydrogen-bond acceptors (Lipinski definition) is 6. The second-order valence-corrected chi connectivity index (χ2v) is 7.34. The third kappa shape index (κ3) is 5.61. The molecule has 9 nitrogen and oxygen atoms in total. The summed E-state index contributed by atoms with van der Waals surface area (Å²) < 4.78 is 6.67. The molecular weight excluding hydrogens is 434 g/mol. The van der Waals surface area contributed by atoms with Crippen LogP contribution in [0.15, 0.2) is 47.3 Å². The van der Waals surface area contributed by atoms with Crippen molar-refractivity contribution in [2.75, 3.05) is 25.0 Å². The summed E-state index contributed by atoms with van der Waals surface area (Å²) >= 11 is 6.23. The second-order valence-electron chi connectivity index (χ2n) is 6.93. The lowest BCUT2D eigenvalue weighted by Crippen LogP contribution is -2.34. The molecule has 1 aromatic heterocycles. The Hall–Kier alpha value is -3.46. The smallest absolute Gasteiger partial charge is 0.277 e. The maximum absolute atomic E-state index is 12.4. The van der Waals surface area contributed by atoms with Gasteiger partial charge in [-0.15, -0.1) is 5.10 Å². The molecule has 168 valence electrons. The average Bonchev–Trinajstić information content (AvgIpc) is 2.79. The van der Waals surface area contributed by atoms with Crippen LogP contribution in [0.1, 0.15) is 20.3 Å². The van der Waals surface area contributed by atoms with E-state index < -0.39 is 0 Å². The van der Waals surface area contributed by atoms with Gasteiger partial charge < -0.3 is 15.0 Å². The number of anilines is 1. The molecule has 0 radical (unpaired) electrons. The molecule has 32 heavy (non-hydrogen) atoms. The summed E-state index contributed by atoms with van der Waals surface area (Å²) in [5, 5.41) is 11.3. The van der Waals surface area contributed by atoms with E-state index in [2.05, 4.69) is 15.6 Å². The van der Waals surface area contributed by atoms with Gasteiger partial charge in [0.25, 0.3) is 11.5 Å². The highest BCUT2D eigenvalue weighted by Gasteiger charge is 2.13. The molecule has 0 aliphatic carbocycles. The quantitative estimate of drug-likeness (QED) is 0.529. The molecule has 3 rings (SSSR count). The van der Waals surface area contributed by atoms with Crippen LogP contribution in [0.3, 0.4) is 0 Å². The van der Waals surface area contributed by atoms with Gasteiger partial charge in [-0.1, -0.05) is 28.9 Å². The molecule has 0 atom stereocenters. The van der Waals surface area contributed by atoms with Crippen molar-refractivity contribution >= 4 is 40.0 Å².